The molecule has 0 bridgehead atoms. The van der Waals surface area contributed by atoms with Crippen LogP contribution in [-0.2, 0) is 6.42 Å². The number of benzene rings is 3. The summed E-state index contributed by atoms with van der Waals surface area (Å²) < 4.78 is 11.4. The summed E-state index contributed by atoms with van der Waals surface area (Å²) in [6.07, 6.45) is 4.80. The summed E-state index contributed by atoms with van der Waals surface area (Å²) in [4.78, 5) is 4.34. The van der Waals surface area contributed by atoms with Crippen molar-refractivity contribution in [2.45, 2.75) is 25.2 Å². The van der Waals surface area contributed by atoms with E-state index >= 15 is 0 Å². The molecule has 0 saturated heterocycles. The summed E-state index contributed by atoms with van der Waals surface area (Å²) in [6.45, 7) is 0.457. The Kier molecular flexibility index (Phi) is 4.83. The van der Waals surface area contributed by atoms with Crippen LogP contribution < -0.4 is 4.74 Å². The lowest BCUT2D eigenvalue weighted by Gasteiger charge is -2.18. The summed E-state index contributed by atoms with van der Waals surface area (Å²) in [5.74, 6) is 1.86. The molecule has 0 fully saturated rings. The van der Waals surface area contributed by atoms with Crippen molar-refractivity contribution in [3.05, 3.63) is 89.5 Å². The van der Waals surface area contributed by atoms with Gasteiger partial charge in [-0.25, -0.2) is 4.99 Å². The van der Waals surface area contributed by atoms with E-state index in [9.17, 15) is 0 Å². The third kappa shape index (κ3) is 3.54. The molecular weight excluding hydrogens is 360 g/mol. The van der Waals surface area contributed by atoms with Crippen LogP contribution in [0.2, 0.25) is 0 Å². The van der Waals surface area contributed by atoms with Crippen LogP contribution in [0.3, 0.4) is 0 Å². The molecule has 5 rings (SSSR count). The zero-order valence-electron chi connectivity index (χ0n) is 16.1. The van der Waals surface area contributed by atoms with Crippen LogP contribution in [0, 0.1) is 0 Å². The maximum atomic E-state index is 5.99. The van der Waals surface area contributed by atoms with E-state index < -0.39 is 0 Å². The van der Waals surface area contributed by atoms with E-state index in [4.69, 9.17) is 9.26 Å². The topological polar surface area (TPSA) is 47.6 Å². The van der Waals surface area contributed by atoms with Crippen molar-refractivity contribution in [2.75, 3.05) is 6.61 Å². The van der Waals surface area contributed by atoms with E-state index in [2.05, 4.69) is 76.9 Å². The average molecular weight is 382 g/mol. The summed E-state index contributed by atoms with van der Waals surface area (Å²) in [7, 11) is 0. The van der Waals surface area contributed by atoms with Crippen LogP contribution in [0.15, 0.2) is 82.3 Å². The number of rotatable bonds is 6. The van der Waals surface area contributed by atoms with E-state index in [0.29, 0.717) is 18.3 Å². The molecule has 29 heavy (non-hydrogen) atoms. The monoisotopic (exact) mass is 382 g/mol. The molecule has 0 unspecified atom stereocenters. The molecule has 0 spiro atoms. The van der Waals surface area contributed by atoms with E-state index in [1.807, 2.05) is 6.07 Å². The lowest BCUT2D eigenvalue weighted by Crippen LogP contribution is -2.03. The third-order valence-corrected chi connectivity index (χ3v) is 5.51. The first-order valence-electron chi connectivity index (χ1n) is 10.1. The van der Waals surface area contributed by atoms with E-state index in [1.54, 1.807) is 6.21 Å². The zero-order valence-corrected chi connectivity index (χ0v) is 16.1. The first kappa shape index (κ1) is 17.7. The summed E-state index contributed by atoms with van der Waals surface area (Å²) in [5, 5.41) is 4.95. The standard InChI is InChI=1S/C25H22N2O2/c1-3-8-18(9-4-1)21(19-10-5-2-6-11-19)13-7-12-20-14-15-22-23-24(20)28-17-16-26-25(23)27-29-22/h1-6,8-11,14-16,21H,7,12-13,17H2. The molecule has 4 heteroatoms. The normalized spacial score (nSPS) is 12.9. The van der Waals surface area contributed by atoms with Crippen LogP contribution in [0.25, 0.3) is 11.0 Å². The highest BCUT2D eigenvalue weighted by molar-refractivity contribution is 5.95. The van der Waals surface area contributed by atoms with Gasteiger partial charge in [0, 0.05) is 12.1 Å². The fourth-order valence-electron chi connectivity index (χ4n) is 4.12. The first-order valence-corrected chi connectivity index (χ1v) is 10.1. The number of aromatic nitrogens is 1. The highest BCUT2D eigenvalue weighted by Crippen LogP contribution is 2.39. The minimum atomic E-state index is 0.385. The Hall–Kier alpha value is -3.40. The minimum Gasteiger partial charge on any atom is -0.487 e. The molecule has 0 saturated carbocycles. The molecule has 4 nitrogen and oxygen atoms in total. The number of hydrogen-bond donors (Lipinski definition) is 0. The van der Waals surface area contributed by atoms with Crippen molar-refractivity contribution >= 4 is 23.0 Å². The maximum absolute atomic E-state index is 5.99. The first-order chi connectivity index (χ1) is 14.4. The molecule has 0 aliphatic carbocycles. The summed E-state index contributed by atoms with van der Waals surface area (Å²) >= 11 is 0. The lowest BCUT2D eigenvalue weighted by atomic mass is 9.86. The van der Waals surface area contributed by atoms with Gasteiger partial charge in [-0.3, -0.25) is 0 Å². The van der Waals surface area contributed by atoms with Crippen LogP contribution in [0.5, 0.6) is 5.75 Å². The maximum Gasteiger partial charge on any atom is 0.206 e. The number of aliphatic imine (C=N–C) groups is 1. The molecule has 0 radical (unpaired) electrons. The Labute approximate surface area is 169 Å². The molecular formula is C25H22N2O2. The van der Waals surface area contributed by atoms with E-state index in [-0.39, 0.29) is 0 Å². The second-order valence-corrected chi connectivity index (χ2v) is 7.32. The molecule has 3 aromatic carbocycles. The van der Waals surface area contributed by atoms with Crippen molar-refractivity contribution in [3.63, 3.8) is 0 Å². The van der Waals surface area contributed by atoms with Crippen LogP contribution >= 0.6 is 0 Å². The number of aryl methyl sites for hydroxylation is 1. The van der Waals surface area contributed by atoms with Crippen molar-refractivity contribution in [3.8, 4) is 5.75 Å². The van der Waals surface area contributed by atoms with Crippen LogP contribution in [0.4, 0.5) is 5.82 Å². The Bertz CT molecular complexity index is 1090. The molecule has 1 aliphatic rings. The lowest BCUT2D eigenvalue weighted by molar-refractivity contribution is 0.380. The fourth-order valence-corrected chi connectivity index (χ4v) is 4.12. The fraction of sp³-hybridized carbons (Fsp3) is 0.200. The van der Waals surface area contributed by atoms with E-state index in [0.717, 1.165) is 36.0 Å². The number of ether oxygens (including phenoxy) is 1. The molecule has 1 aliphatic heterocycles. The second kappa shape index (κ2) is 7.92. The summed E-state index contributed by atoms with van der Waals surface area (Å²) in [5.41, 5.74) is 4.63. The van der Waals surface area contributed by atoms with Gasteiger partial charge in [0.2, 0.25) is 5.82 Å². The smallest absolute Gasteiger partial charge is 0.206 e. The quantitative estimate of drug-likeness (QED) is 0.406. The van der Waals surface area contributed by atoms with Crippen LogP contribution in [-0.4, -0.2) is 18.0 Å². The number of nitrogens with zero attached hydrogens (tertiary/aromatic N) is 2. The van der Waals surface area contributed by atoms with Gasteiger partial charge in [0.15, 0.2) is 5.58 Å². The molecule has 2 heterocycles. The van der Waals surface area contributed by atoms with Gasteiger partial charge >= 0.3 is 0 Å². The largest absolute Gasteiger partial charge is 0.487 e. The molecule has 0 atom stereocenters. The Morgan fingerprint density at radius 3 is 2.31 bits per heavy atom. The molecule has 0 amide bonds. The second-order valence-electron chi connectivity index (χ2n) is 7.32. The van der Waals surface area contributed by atoms with Gasteiger partial charge in [-0.05, 0) is 42.0 Å². The van der Waals surface area contributed by atoms with Gasteiger partial charge in [-0.1, -0.05) is 71.9 Å². The van der Waals surface area contributed by atoms with Gasteiger partial charge in [0.25, 0.3) is 0 Å². The van der Waals surface area contributed by atoms with Crippen molar-refractivity contribution in [1.29, 1.82) is 0 Å². The van der Waals surface area contributed by atoms with Crippen molar-refractivity contribution < 1.29 is 9.26 Å². The van der Waals surface area contributed by atoms with Gasteiger partial charge in [0.05, 0.1) is 0 Å². The Morgan fingerprint density at radius 1 is 0.862 bits per heavy atom. The SMILES string of the molecule is C1=Nc2noc3ccc(CCCC(c4ccccc4)c4ccccc4)c(c23)OC1. The molecule has 144 valence electrons. The van der Waals surface area contributed by atoms with Gasteiger partial charge in [0.1, 0.15) is 17.7 Å². The average Bonchev–Trinajstić information content (AvgIpc) is 3.06. The Balaban J connectivity index is 1.39. The van der Waals surface area contributed by atoms with Crippen molar-refractivity contribution in [1.82, 2.24) is 5.16 Å². The predicted molar refractivity (Wildman–Crippen MR) is 115 cm³/mol. The van der Waals surface area contributed by atoms with Crippen molar-refractivity contribution in [2.24, 2.45) is 4.99 Å². The molecule has 1 aromatic heterocycles. The number of hydrogen-bond acceptors (Lipinski definition) is 4. The van der Waals surface area contributed by atoms with Gasteiger partial charge < -0.3 is 9.26 Å². The van der Waals surface area contributed by atoms with Gasteiger partial charge in [-0.2, -0.15) is 0 Å². The van der Waals surface area contributed by atoms with E-state index in [1.165, 1.54) is 16.7 Å². The minimum absolute atomic E-state index is 0.385. The van der Waals surface area contributed by atoms with Crippen LogP contribution in [0.1, 0.15) is 35.4 Å². The molecule has 0 N–H and O–H groups in total. The molecule has 4 aromatic rings. The zero-order chi connectivity index (χ0) is 19.5. The van der Waals surface area contributed by atoms with Gasteiger partial charge in [-0.15, -0.1) is 0 Å². The third-order valence-electron chi connectivity index (χ3n) is 5.51. The highest BCUT2D eigenvalue weighted by Gasteiger charge is 2.20. The summed E-state index contributed by atoms with van der Waals surface area (Å²) in [6, 6.07) is 25.6. The predicted octanol–water partition coefficient (Wildman–Crippen LogP) is 6.08. The highest BCUT2D eigenvalue weighted by atomic mass is 16.5. The Morgan fingerprint density at radius 2 is 1.59 bits per heavy atom.